The first kappa shape index (κ1) is 20.2. The molecule has 2 aromatic rings. The zero-order valence-corrected chi connectivity index (χ0v) is 17.2. The fourth-order valence-corrected chi connectivity index (χ4v) is 4.14. The van der Waals surface area contributed by atoms with Gasteiger partial charge in [-0.3, -0.25) is 0 Å². The molecule has 2 aromatic carbocycles. The summed E-state index contributed by atoms with van der Waals surface area (Å²) in [7, 11) is 1.71. The molecule has 2 aliphatic heterocycles. The average molecular weight is 406 g/mol. The minimum atomic E-state index is -1.12. The van der Waals surface area contributed by atoms with Crippen molar-refractivity contribution >= 4 is 5.96 Å². The molecule has 1 unspecified atom stereocenters. The summed E-state index contributed by atoms with van der Waals surface area (Å²) in [5.41, 5.74) is 7.79. The standard InChI is InChI=1S/C23H26N4O3/c1-15-6-7-17(14-29-15)12-23(26-22(25)27(2)30-23)20-11-19(8-9-21(20)28)18-5-3-4-16(10-18)13-24/h3-5,8-11,15,17,28H,6-7,12,14H2,1-2H3,(H2,25,26)/t15-,17-,23?/m1/s1. The van der Waals surface area contributed by atoms with Crippen molar-refractivity contribution in [2.24, 2.45) is 16.6 Å². The molecule has 0 radical (unpaired) electrons. The Kier molecular flexibility index (Phi) is 5.37. The molecule has 2 aliphatic rings. The summed E-state index contributed by atoms with van der Waals surface area (Å²) in [6, 6.07) is 14.8. The Morgan fingerprint density at radius 2 is 2.07 bits per heavy atom. The van der Waals surface area contributed by atoms with Gasteiger partial charge >= 0.3 is 0 Å². The van der Waals surface area contributed by atoms with Gasteiger partial charge in [-0.15, -0.1) is 0 Å². The van der Waals surface area contributed by atoms with Crippen molar-refractivity contribution in [2.75, 3.05) is 13.7 Å². The molecular formula is C23H26N4O3. The first-order valence-corrected chi connectivity index (χ1v) is 10.1. The molecule has 0 aromatic heterocycles. The molecule has 1 saturated heterocycles. The van der Waals surface area contributed by atoms with Gasteiger partial charge in [0.25, 0.3) is 0 Å². The van der Waals surface area contributed by atoms with Crippen molar-refractivity contribution in [1.82, 2.24) is 5.06 Å². The molecule has 0 saturated carbocycles. The first-order valence-electron chi connectivity index (χ1n) is 10.1. The summed E-state index contributed by atoms with van der Waals surface area (Å²) in [6.07, 6.45) is 2.76. The van der Waals surface area contributed by atoms with Gasteiger partial charge in [0, 0.05) is 20.1 Å². The fraction of sp³-hybridized carbons (Fsp3) is 0.391. The lowest BCUT2D eigenvalue weighted by atomic mass is 9.86. The van der Waals surface area contributed by atoms with E-state index in [9.17, 15) is 10.4 Å². The molecule has 0 aliphatic carbocycles. The van der Waals surface area contributed by atoms with E-state index in [1.165, 1.54) is 5.06 Å². The Morgan fingerprint density at radius 1 is 1.27 bits per heavy atom. The quantitative estimate of drug-likeness (QED) is 0.806. The third kappa shape index (κ3) is 3.84. The summed E-state index contributed by atoms with van der Waals surface area (Å²) < 4.78 is 5.84. The minimum Gasteiger partial charge on any atom is -0.507 e. The Labute approximate surface area is 176 Å². The lowest BCUT2D eigenvalue weighted by Gasteiger charge is -2.34. The van der Waals surface area contributed by atoms with Gasteiger partial charge in [0.1, 0.15) is 5.75 Å². The van der Waals surface area contributed by atoms with Crippen LogP contribution >= 0.6 is 0 Å². The summed E-state index contributed by atoms with van der Waals surface area (Å²) >= 11 is 0. The minimum absolute atomic E-state index is 0.0899. The third-order valence-corrected chi connectivity index (χ3v) is 5.81. The van der Waals surface area contributed by atoms with Gasteiger partial charge in [-0.1, -0.05) is 18.2 Å². The maximum Gasteiger partial charge on any atom is 0.218 e. The number of ether oxygens (including phenoxy) is 1. The van der Waals surface area contributed by atoms with E-state index in [4.69, 9.17) is 15.3 Å². The van der Waals surface area contributed by atoms with Crippen LogP contribution in [-0.4, -0.2) is 35.9 Å². The Bertz CT molecular complexity index is 1010. The normalized spacial score (nSPS) is 26.3. The number of nitriles is 1. The highest BCUT2D eigenvalue weighted by molar-refractivity contribution is 5.79. The number of phenolic OH excluding ortho intramolecular Hbond substituents is 1. The Morgan fingerprint density at radius 3 is 2.73 bits per heavy atom. The van der Waals surface area contributed by atoms with Gasteiger partial charge in [0.05, 0.1) is 23.3 Å². The van der Waals surface area contributed by atoms with E-state index < -0.39 is 5.72 Å². The van der Waals surface area contributed by atoms with Gasteiger partial charge in [-0.05, 0) is 61.1 Å². The second kappa shape index (κ2) is 7.98. The molecule has 2 heterocycles. The van der Waals surface area contributed by atoms with Crippen LogP contribution in [-0.2, 0) is 15.3 Å². The van der Waals surface area contributed by atoms with Gasteiger partial charge < -0.3 is 15.6 Å². The van der Waals surface area contributed by atoms with Crippen LogP contribution in [0.4, 0.5) is 0 Å². The molecule has 7 nitrogen and oxygen atoms in total. The molecule has 156 valence electrons. The lowest BCUT2D eigenvalue weighted by molar-refractivity contribution is -0.186. The van der Waals surface area contributed by atoms with Crippen LogP contribution in [0.1, 0.15) is 37.3 Å². The van der Waals surface area contributed by atoms with Gasteiger partial charge in [-0.25, -0.2) is 14.9 Å². The van der Waals surface area contributed by atoms with E-state index in [1.807, 2.05) is 30.3 Å². The number of hydrogen-bond acceptors (Lipinski definition) is 7. The molecule has 7 heteroatoms. The third-order valence-electron chi connectivity index (χ3n) is 5.81. The van der Waals surface area contributed by atoms with Crippen LogP contribution in [0.25, 0.3) is 11.1 Å². The molecule has 3 N–H and O–H groups in total. The van der Waals surface area contributed by atoms with E-state index >= 15 is 0 Å². The van der Waals surface area contributed by atoms with Crippen LogP contribution in [0.3, 0.4) is 0 Å². The highest BCUT2D eigenvalue weighted by Crippen LogP contribution is 2.45. The SMILES string of the molecule is C[C@@H]1CC[C@H](CC2(c3cc(-c4cccc(C#N)c4)ccc3O)N=C(N)N(C)O2)CO1. The largest absolute Gasteiger partial charge is 0.507 e. The van der Waals surface area contributed by atoms with Crippen LogP contribution < -0.4 is 5.73 Å². The highest BCUT2D eigenvalue weighted by atomic mass is 16.7. The van der Waals surface area contributed by atoms with Crippen LogP contribution in [0.15, 0.2) is 47.5 Å². The molecule has 4 rings (SSSR count). The fourth-order valence-electron chi connectivity index (χ4n) is 4.14. The molecule has 0 bridgehead atoms. The number of aliphatic imine (C=N–C) groups is 1. The van der Waals surface area contributed by atoms with Crippen molar-refractivity contribution in [1.29, 1.82) is 5.26 Å². The topological polar surface area (TPSA) is 104 Å². The van der Waals surface area contributed by atoms with E-state index in [2.05, 4.69) is 18.0 Å². The van der Waals surface area contributed by atoms with E-state index in [-0.39, 0.29) is 23.7 Å². The molecule has 0 spiro atoms. The second-order valence-electron chi connectivity index (χ2n) is 8.06. The van der Waals surface area contributed by atoms with Crippen LogP contribution in [0.2, 0.25) is 0 Å². The number of nitrogens with two attached hydrogens (primary N) is 1. The number of hydrogen-bond donors (Lipinski definition) is 2. The van der Waals surface area contributed by atoms with E-state index in [0.29, 0.717) is 24.2 Å². The van der Waals surface area contributed by atoms with Crippen molar-refractivity contribution in [3.05, 3.63) is 53.6 Å². The van der Waals surface area contributed by atoms with E-state index in [0.717, 1.165) is 24.0 Å². The predicted molar refractivity (Wildman–Crippen MR) is 113 cm³/mol. The Hall–Kier alpha value is -3.08. The summed E-state index contributed by atoms with van der Waals surface area (Å²) in [5, 5.41) is 21.4. The van der Waals surface area contributed by atoms with Gasteiger partial charge in [-0.2, -0.15) is 5.26 Å². The maximum absolute atomic E-state index is 10.8. The van der Waals surface area contributed by atoms with Crippen molar-refractivity contribution < 1.29 is 14.7 Å². The number of guanidine groups is 1. The first-order chi connectivity index (χ1) is 14.4. The number of aromatic hydroxyl groups is 1. The number of benzene rings is 2. The van der Waals surface area contributed by atoms with Crippen LogP contribution in [0.5, 0.6) is 5.75 Å². The molecular weight excluding hydrogens is 380 g/mol. The molecule has 0 amide bonds. The summed E-state index contributed by atoms with van der Waals surface area (Å²) in [6.45, 7) is 2.70. The van der Waals surface area contributed by atoms with Crippen LogP contribution in [0, 0.1) is 17.2 Å². The Balaban J connectivity index is 1.75. The smallest absolute Gasteiger partial charge is 0.218 e. The number of nitrogens with zero attached hydrogens (tertiary/aromatic N) is 3. The van der Waals surface area contributed by atoms with Crippen molar-refractivity contribution in [3.8, 4) is 22.9 Å². The zero-order chi connectivity index (χ0) is 21.3. The summed E-state index contributed by atoms with van der Waals surface area (Å²) in [4.78, 5) is 10.8. The molecule has 3 atom stereocenters. The maximum atomic E-state index is 10.8. The second-order valence-corrected chi connectivity index (χ2v) is 8.06. The zero-order valence-electron chi connectivity index (χ0n) is 17.2. The molecule has 1 fully saturated rings. The lowest BCUT2D eigenvalue weighted by Crippen LogP contribution is -2.35. The number of rotatable bonds is 4. The van der Waals surface area contributed by atoms with Gasteiger partial charge in [0.2, 0.25) is 11.7 Å². The predicted octanol–water partition coefficient (Wildman–Crippen LogP) is 3.48. The van der Waals surface area contributed by atoms with Crippen molar-refractivity contribution in [3.63, 3.8) is 0 Å². The number of hydroxylamine groups is 2. The number of phenols is 1. The monoisotopic (exact) mass is 406 g/mol. The molecule has 30 heavy (non-hydrogen) atoms. The van der Waals surface area contributed by atoms with Crippen molar-refractivity contribution in [2.45, 2.75) is 38.0 Å². The summed E-state index contributed by atoms with van der Waals surface area (Å²) in [5.74, 6) is 0.581. The van der Waals surface area contributed by atoms with Gasteiger partial charge in [0.15, 0.2) is 0 Å². The average Bonchev–Trinajstić information content (AvgIpc) is 3.04. The van der Waals surface area contributed by atoms with E-state index in [1.54, 1.807) is 19.2 Å². The highest BCUT2D eigenvalue weighted by Gasteiger charge is 2.45.